The molecule has 0 bridgehead atoms. The molecule has 0 saturated carbocycles. The number of nitrogens with zero attached hydrogens (tertiary/aromatic N) is 5. The van der Waals surface area contributed by atoms with Gasteiger partial charge in [-0.15, -0.1) is 0 Å². The van der Waals surface area contributed by atoms with Crippen LogP contribution in [0.15, 0.2) is 61.2 Å². The number of aliphatic hydroxyl groups is 2. The second-order valence-corrected chi connectivity index (χ2v) is 12.1. The fraction of sp³-hybridized carbons (Fsp3) is 0.605. The summed E-state index contributed by atoms with van der Waals surface area (Å²) >= 11 is 0. The Hall–Kier alpha value is -4.15. The maximum absolute atomic E-state index is 8.76. The highest BCUT2D eigenvalue weighted by Gasteiger charge is 2.08. The van der Waals surface area contributed by atoms with E-state index in [1.165, 1.54) is 17.2 Å². The molecule has 324 valence electrons. The van der Waals surface area contributed by atoms with E-state index in [0.29, 0.717) is 119 Å². The van der Waals surface area contributed by atoms with Crippen molar-refractivity contribution in [2.75, 3.05) is 155 Å². The van der Waals surface area contributed by atoms with Crippen LogP contribution in [0.5, 0.6) is 0 Å². The van der Waals surface area contributed by atoms with Crippen LogP contribution in [0.2, 0.25) is 0 Å². The van der Waals surface area contributed by atoms with E-state index in [0.717, 1.165) is 37.6 Å². The monoisotopic (exact) mass is 813 g/mol. The van der Waals surface area contributed by atoms with Crippen LogP contribution in [0.3, 0.4) is 0 Å². The van der Waals surface area contributed by atoms with E-state index in [1.54, 1.807) is 6.07 Å². The molecule has 0 aliphatic rings. The molecule has 0 heterocycles. The number of rotatable bonds is 34. The van der Waals surface area contributed by atoms with Crippen LogP contribution in [-0.4, -0.2) is 155 Å². The lowest BCUT2D eigenvalue weighted by Crippen LogP contribution is -2.31. The third-order valence-electron chi connectivity index (χ3n) is 7.52. The predicted octanol–water partition coefficient (Wildman–Crippen LogP) is 4.24. The lowest BCUT2D eigenvalue weighted by Gasteiger charge is -2.25. The van der Waals surface area contributed by atoms with E-state index in [2.05, 4.69) is 72.7 Å². The quantitative estimate of drug-likeness (QED) is 0.0753. The maximum Gasteiger partial charge on any atom is 0.0905 e. The Kier molecular flexibility index (Phi) is 39.4. The molecule has 2 rings (SSSR count). The van der Waals surface area contributed by atoms with Crippen LogP contribution in [-0.2, 0) is 37.9 Å². The Morgan fingerprint density at radius 1 is 0.500 bits per heavy atom. The maximum atomic E-state index is 8.76. The highest BCUT2D eigenvalue weighted by molar-refractivity contribution is 5.49. The zero-order chi connectivity index (χ0) is 42.6. The summed E-state index contributed by atoms with van der Waals surface area (Å²) < 4.78 is 43.4. The fourth-order valence-corrected chi connectivity index (χ4v) is 4.74. The topological polar surface area (TPSA) is 192 Å². The Morgan fingerprint density at radius 3 is 1.09 bits per heavy atom. The van der Waals surface area contributed by atoms with Gasteiger partial charge in [0.1, 0.15) is 0 Å². The molecule has 0 spiro atoms. The molecule has 0 aromatic heterocycles. The molecule has 0 fully saturated rings. The molecule has 0 unspecified atom stereocenters. The Labute approximate surface area is 346 Å². The van der Waals surface area contributed by atoms with Crippen LogP contribution in [0, 0.1) is 47.8 Å². The minimum atomic E-state index is 0.0367. The normalized spacial score (nSPS) is 10.2. The first-order valence-corrected chi connectivity index (χ1v) is 19.7. The average Bonchev–Trinajstić information content (AvgIpc) is 3.23. The second-order valence-electron chi connectivity index (χ2n) is 12.1. The van der Waals surface area contributed by atoms with E-state index in [1.807, 2.05) is 18.2 Å². The number of anilines is 2. The Balaban J connectivity index is 0.00000106. The van der Waals surface area contributed by atoms with Gasteiger partial charge in [-0.25, -0.2) is 0 Å². The van der Waals surface area contributed by atoms with Gasteiger partial charge in [0.15, 0.2) is 0 Å². The molecule has 2 aromatic carbocycles. The van der Waals surface area contributed by atoms with Crippen LogP contribution in [0.1, 0.15) is 24.0 Å². The van der Waals surface area contributed by atoms with E-state index >= 15 is 0 Å². The second kappa shape index (κ2) is 42.5. The fourth-order valence-electron chi connectivity index (χ4n) is 4.74. The van der Waals surface area contributed by atoms with Crippen molar-refractivity contribution >= 4 is 11.4 Å². The molecular weight excluding hydrogens is 746 g/mol. The molecule has 0 aliphatic carbocycles. The minimum absolute atomic E-state index is 0.0367. The van der Waals surface area contributed by atoms with E-state index in [4.69, 9.17) is 63.9 Å². The zero-order valence-corrected chi connectivity index (χ0v) is 34.8. The molecule has 0 aliphatic heterocycles. The summed E-state index contributed by atoms with van der Waals surface area (Å²) in [6, 6.07) is 22.5. The lowest BCUT2D eigenvalue weighted by atomic mass is 10.2. The van der Waals surface area contributed by atoms with Crippen molar-refractivity contribution in [3.63, 3.8) is 0 Å². The van der Waals surface area contributed by atoms with E-state index in [9.17, 15) is 0 Å². The van der Waals surface area contributed by atoms with Gasteiger partial charge in [-0.2, -0.15) is 15.8 Å². The van der Waals surface area contributed by atoms with Crippen molar-refractivity contribution in [3.8, 4) is 18.2 Å². The molecular formula is C43H67N5O10. The van der Waals surface area contributed by atoms with Gasteiger partial charge in [0.25, 0.3) is 0 Å². The summed E-state index contributed by atoms with van der Waals surface area (Å²) in [4.78, 5) is 4.45. The molecule has 15 heteroatoms. The number of aryl methyl sites for hydroxylation is 2. The summed E-state index contributed by atoms with van der Waals surface area (Å²) in [5.74, 6) is 0. The molecule has 0 radical (unpaired) electrons. The largest absolute Gasteiger partial charge is 0.394 e. The summed E-state index contributed by atoms with van der Waals surface area (Å²) in [6.07, 6.45) is 1.99. The van der Waals surface area contributed by atoms with Crippen molar-refractivity contribution in [3.05, 3.63) is 72.3 Å². The molecule has 0 saturated heterocycles. The third kappa shape index (κ3) is 33.9. The average molecular weight is 814 g/mol. The summed E-state index contributed by atoms with van der Waals surface area (Å²) in [5, 5.41) is 41.8. The minimum Gasteiger partial charge on any atom is -0.394 e. The first kappa shape index (κ1) is 53.9. The van der Waals surface area contributed by atoms with E-state index < -0.39 is 0 Å². The molecule has 0 amide bonds. The molecule has 2 aromatic rings. The number of aliphatic hydroxyl groups excluding tert-OH is 2. The lowest BCUT2D eigenvalue weighted by molar-refractivity contribution is 0.0165. The van der Waals surface area contributed by atoms with Crippen molar-refractivity contribution in [2.45, 2.75) is 26.7 Å². The first-order chi connectivity index (χ1) is 28.5. The number of allylic oxidation sites excluding steroid dienone is 1. The van der Waals surface area contributed by atoms with Gasteiger partial charge >= 0.3 is 0 Å². The number of benzene rings is 2. The van der Waals surface area contributed by atoms with Gasteiger partial charge in [-0.1, -0.05) is 30.8 Å². The summed E-state index contributed by atoms with van der Waals surface area (Å²) in [6.45, 7) is 18.3. The van der Waals surface area contributed by atoms with Crippen molar-refractivity contribution in [1.82, 2.24) is 0 Å². The summed E-state index contributed by atoms with van der Waals surface area (Å²) in [7, 11) is 0. The van der Waals surface area contributed by atoms with Crippen LogP contribution in [0.25, 0.3) is 0 Å². The predicted molar refractivity (Wildman–Crippen MR) is 224 cm³/mol. The third-order valence-corrected chi connectivity index (χ3v) is 7.52. The van der Waals surface area contributed by atoms with Crippen LogP contribution in [0.4, 0.5) is 11.4 Å². The molecule has 15 nitrogen and oxygen atoms in total. The Bertz CT molecular complexity index is 1370. The van der Waals surface area contributed by atoms with Gasteiger partial charge in [0, 0.05) is 43.6 Å². The zero-order valence-electron chi connectivity index (χ0n) is 34.8. The van der Waals surface area contributed by atoms with Crippen molar-refractivity contribution < 1.29 is 48.1 Å². The molecule has 58 heavy (non-hydrogen) atoms. The smallest absolute Gasteiger partial charge is 0.0905 e. The van der Waals surface area contributed by atoms with Crippen LogP contribution < -0.4 is 9.80 Å². The first-order valence-electron chi connectivity index (χ1n) is 19.7. The van der Waals surface area contributed by atoms with Gasteiger partial charge in [0.2, 0.25) is 0 Å². The highest BCUT2D eigenvalue weighted by atomic mass is 16.5. The van der Waals surface area contributed by atoms with Crippen molar-refractivity contribution in [1.29, 1.82) is 15.8 Å². The number of hydrogen-bond donors (Lipinski definition) is 2. The van der Waals surface area contributed by atoms with Gasteiger partial charge < -0.3 is 57.9 Å². The van der Waals surface area contributed by atoms with Gasteiger partial charge in [0.05, 0.1) is 150 Å². The number of ether oxygens (including phenoxy) is 8. The van der Waals surface area contributed by atoms with Gasteiger partial charge in [-0.05, 0) is 49.2 Å². The SMILES string of the molecule is C=CC#N.Cc1cccc(N(CCOCCO)CCOCCOCCO)c1.Cc1cccc(N(CCOCCOCCC#N)CCOCCOCCOCCC#N)c1. The Morgan fingerprint density at radius 2 is 0.793 bits per heavy atom. The van der Waals surface area contributed by atoms with Crippen molar-refractivity contribution in [2.24, 2.45) is 0 Å². The standard InChI is InChI=1S/C23H35N3O5.C17H29NO5.C3H3N/c1-22-5-2-6-23(21-22)26(9-13-29-17-15-27-11-3-7-24)10-14-30-18-20-31-19-16-28-12-4-8-25;1-16-3-2-4-17(15-16)18(5-9-21-11-7-19)6-10-22-13-14-23-12-8-20;1-2-3-4/h2,5-6,21H,3-4,9-20H2,1H3;2-4,15,19-20H,5-14H2,1H3;2H,1H2. The summed E-state index contributed by atoms with van der Waals surface area (Å²) in [5.41, 5.74) is 4.70. The van der Waals surface area contributed by atoms with Gasteiger partial charge in [-0.3, -0.25) is 0 Å². The van der Waals surface area contributed by atoms with Crippen LogP contribution >= 0.6 is 0 Å². The highest BCUT2D eigenvalue weighted by Crippen LogP contribution is 2.16. The molecule has 0 atom stereocenters. The number of nitriles is 3. The number of hydrogen-bond acceptors (Lipinski definition) is 15. The van der Waals surface area contributed by atoms with E-state index in [-0.39, 0.29) is 13.2 Å². The molecule has 2 N–H and O–H groups in total.